The topological polar surface area (TPSA) is 204 Å². The van der Waals surface area contributed by atoms with Crippen LogP contribution in [0, 0.1) is 0 Å². The fourth-order valence-corrected chi connectivity index (χ4v) is 0. The number of nitrogens with zero attached hydrogens (tertiary/aromatic N) is 6. The molecule has 12 nitrogen and oxygen atoms in total. The maximum atomic E-state index is 9.65. The molecule has 0 N–H and O–H groups in total. The Labute approximate surface area is 213 Å². The van der Waals surface area contributed by atoms with Gasteiger partial charge in [0.2, 0.25) is 0 Å². The quantitative estimate of drug-likeness (QED) is 0.160. The molecule has 0 heterocycles. The third-order valence-electron chi connectivity index (χ3n) is 1.89. The van der Waals surface area contributed by atoms with Crippen molar-refractivity contribution in [1.82, 2.24) is 0 Å². The molecule has 0 aliphatic heterocycles. The first-order valence-electron chi connectivity index (χ1n) is 8.25. The molecular formula is C18H36BrN6NiO6-7. The van der Waals surface area contributed by atoms with Crippen molar-refractivity contribution < 1.29 is 63.5 Å². The van der Waals surface area contributed by atoms with Crippen LogP contribution >= 0.6 is 0 Å². The fourth-order valence-electron chi connectivity index (χ4n) is 0. The smallest absolute Gasteiger partial charge is 0.0478 e. The number of rotatable bonds is 0. The van der Waals surface area contributed by atoms with Crippen LogP contribution in [0.2, 0.25) is 0 Å². The predicted octanol–water partition coefficient (Wildman–Crippen LogP) is -4.35. The number of hydrogen-bond donors (Lipinski definition) is 0. The monoisotopic (exact) mass is 569 g/mol. The second-order valence-electron chi connectivity index (χ2n) is 4.46. The molecule has 0 aromatic rings. The molecule has 0 rings (SSSR count). The zero-order chi connectivity index (χ0) is 25.7. The first-order chi connectivity index (χ1) is 13.6. The Morgan fingerprint density at radius 2 is 0.594 bits per heavy atom. The molecule has 0 aliphatic rings. The number of aliphatic imine (C=N–C) groups is 4. The van der Waals surface area contributed by atoms with E-state index in [-0.39, 0.29) is 68.9 Å². The van der Waals surface area contributed by atoms with Crippen LogP contribution < -0.4 is 37.4 Å². The molecule has 0 atom stereocenters. The van der Waals surface area contributed by atoms with E-state index in [2.05, 4.69) is 30.6 Å². The van der Waals surface area contributed by atoms with E-state index in [4.69, 9.17) is 0 Å². The molecule has 0 aromatic heterocycles. The number of amides is 2. The van der Waals surface area contributed by atoms with Gasteiger partial charge in [-0.3, -0.25) is 0 Å². The minimum atomic E-state index is -0.120. The van der Waals surface area contributed by atoms with Crippen molar-refractivity contribution in [2.75, 3.05) is 42.3 Å². The van der Waals surface area contributed by atoms with Crippen molar-refractivity contribution in [3.63, 3.8) is 0 Å². The SMILES string of the molecule is CN=C(C)[O-].CN=C(C)[O-].CN=C(C)[O-].CN=C(C)[O-].C[N-]C(C)=O.C[N-]C(C)=O.[Br-].[Ni]. The molecule has 0 unspecified atom stereocenters. The second-order valence-corrected chi connectivity index (χ2v) is 4.46. The van der Waals surface area contributed by atoms with Gasteiger partial charge < -0.3 is 77.6 Å². The molecular weight excluding hydrogens is 535 g/mol. The molecule has 0 saturated heterocycles. The zero-order valence-corrected chi connectivity index (χ0v) is 23.4. The second kappa shape index (κ2) is 46.8. The van der Waals surface area contributed by atoms with Crippen molar-refractivity contribution in [3.8, 4) is 0 Å². The van der Waals surface area contributed by atoms with E-state index >= 15 is 0 Å². The summed E-state index contributed by atoms with van der Waals surface area (Å²) in [7, 11) is 8.85. The molecule has 0 bridgehead atoms. The summed E-state index contributed by atoms with van der Waals surface area (Å²) in [6.45, 7) is 8.50. The van der Waals surface area contributed by atoms with Crippen LogP contribution in [-0.4, -0.2) is 77.7 Å². The number of halogens is 1. The average molecular weight is 571 g/mol. The minimum Gasteiger partial charge on any atom is -1.00 e. The van der Waals surface area contributed by atoms with Crippen LogP contribution in [0.5, 0.6) is 0 Å². The van der Waals surface area contributed by atoms with Crippen LogP contribution in [0.3, 0.4) is 0 Å². The summed E-state index contributed by atoms with van der Waals surface area (Å²) in [6.07, 6.45) is 0. The molecule has 0 aliphatic carbocycles. The van der Waals surface area contributed by atoms with Gasteiger partial charge in [0.1, 0.15) is 0 Å². The van der Waals surface area contributed by atoms with E-state index in [1.165, 1.54) is 83.8 Å². The van der Waals surface area contributed by atoms with E-state index in [0.717, 1.165) is 0 Å². The van der Waals surface area contributed by atoms with Gasteiger partial charge in [0.15, 0.2) is 0 Å². The average Bonchev–Trinajstić information content (AvgIpc) is 2.69. The number of carbonyl (C=O) groups excluding carboxylic acids is 2. The van der Waals surface area contributed by atoms with Crippen LogP contribution in [0.25, 0.3) is 10.6 Å². The summed E-state index contributed by atoms with van der Waals surface area (Å²) in [5, 5.41) is 45.1. The predicted molar refractivity (Wildman–Crippen MR) is 116 cm³/mol. The molecule has 0 saturated carbocycles. The molecule has 0 spiro atoms. The normalized spacial score (nSPS) is 9.62. The fraction of sp³-hybridized carbons (Fsp3) is 0.667. The van der Waals surface area contributed by atoms with Gasteiger partial charge in [0.05, 0.1) is 0 Å². The summed E-state index contributed by atoms with van der Waals surface area (Å²) in [5.41, 5.74) is 0. The Balaban J connectivity index is -0.0000000356. The summed E-state index contributed by atoms with van der Waals surface area (Å²) in [4.78, 5) is 32.3. The van der Waals surface area contributed by atoms with E-state index in [9.17, 15) is 30.0 Å². The van der Waals surface area contributed by atoms with Crippen LogP contribution in [0.4, 0.5) is 0 Å². The third-order valence-corrected chi connectivity index (χ3v) is 1.89. The first kappa shape index (κ1) is 52.0. The summed E-state index contributed by atoms with van der Waals surface area (Å²) in [5.74, 6) is -0.722. The van der Waals surface area contributed by atoms with Crippen LogP contribution in [0.1, 0.15) is 41.5 Å². The van der Waals surface area contributed by atoms with Gasteiger partial charge in [-0.1, -0.05) is 0 Å². The standard InChI is InChI=1S/6C3H7NO.BrH.Ni/c6*1-3(5)4-2;;/h6*1-2H3,(H,4,5);1H;/p-7. The number of hydrogen-bond acceptors (Lipinski definition) is 10. The van der Waals surface area contributed by atoms with E-state index in [0.29, 0.717) is 0 Å². The van der Waals surface area contributed by atoms with Crippen molar-refractivity contribution in [1.29, 1.82) is 0 Å². The van der Waals surface area contributed by atoms with Crippen molar-refractivity contribution in [2.24, 2.45) is 20.0 Å². The van der Waals surface area contributed by atoms with Gasteiger partial charge in [-0.25, -0.2) is 0 Å². The van der Waals surface area contributed by atoms with Crippen LogP contribution in [0.15, 0.2) is 20.0 Å². The molecule has 198 valence electrons. The Hall–Kier alpha value is -2.21. The maximum Gasteiger partial charge on any atom is 0.0478 e. The van der Waals surface area contributed by atoms with E-state index in [1.54, 1.807) is 0 Å². The Morgan fingerprint density at radius 3 is 0.594 bits per heavy atom. The Bertz CT molecular complexity index is 436. The van der Waals surface area contributed by atoms with Crippen molar-refractivity contribution in [2.45, 2.75) is 41.5 Å². The van der Waals surface area contributed by atoms with Gasteiger partial charge in [0, 0.05) is 56.5 Å². The third kappa shape index (κ3) is 208. The Morgan fingerprint density at radius 1 is 0.531 bits per heavy atom. The Kier molecular flexibility index (Phi) is 76.1. The minimum absolute atomic E-state index is 0. The molecule has 0 radical (unpaired) electrons. The van der Waals surface area contributed by atoms with Gasteiger partial charge in [0.25, 0.3) is 0 Å². The van der Waals surface area contributed by atoms with E-state index < -0.39 is 0 Å². The van der Waals surface area contributed by atoms with Gasteiger partial charge in [-0.2, -0.15) is 0 Å². The summed E-state index contributed by atoms with van der Waals surface area (Å²) in [6, 6.07) is 0. The molecule has 0 aromatic carbocycles. The van der Waals surface area contributed by atoms with Crippen molar-refractivity contribution >= 4 is 35.4 Å². The van der Waals surface area contributed by atoms with E-state index in [1.807, 2.05) is 0 Å². The molecule has 0 fully saturated rings. The summed E-state index contributed by atoms with van der Waals surface area (Å²) < 4.78 is 0. The molecule has 14 heteroatoms. The van der Waals surface area contributed by atoms with Gasteiger partial charge >= 0.3 is 0 Å². The largest absolute Gasteiger partial charge is 1.00 e. The molecule has 32 heavy (non-hydrogen) atoms. The van der Waals surface area contributed by atoms with Crippen LogP contribution in [-0.2, 0) is 26.1 Å². The zero-order valence-electron chi connectivity index (χ0n) is 20.8. The van der Waals surface area contributed by atoms with Crippen molar-refractivity contribution in [3.05, 3.63) is 10.6 Å². The first-order valence-corrected chi connectivity index (χ1v) is 8.25. The summed E-state index contributed by atoms with van der Waals surface area (Å²) >= 11 is 0. The van der Waals surface area contributed by atoms with Gasteiger partial charge in [-0.15, -0.1) is 14.1 Å². The maximum absolute atomic E-state index is 9.65. The molecule has 2 amide bonds. The van der Waals surface area contributed by atoms with Gasteiger partial charge in [-0.05, 0) is 65.1 Å². The number of carbonyl (C=O) groups is 2.